The fourth-order valence-electron chi connectivity index (χ4n) is 3.87. The van der Waals surface area contributed by atoms with Crippen LogP contribution in [-0.4, -0.2) is 69.7 Å². The van der Waals surface area contributed by atoms with Crippen molar-refractivity contribution in [3.63, 3.8) is 0 Å². The van der Waals surface area contributed by atoms with Gasteiger partial charge in [-0.05, 0) is 39.8 Å². The number of ether oxygens (including phenoxy) is 6. The first-order chi connectivity index (χ1) is 13.5. The molecule has 0 bridgehead atoms. The van der Waals surface area contributed by atoms with E-state index in [1.54, 1.807) is 30.3 Å². The number of sulfone groups is 1. The zero-order valence-corrected chi connectivity index (χ0v) is 17.9. The monoisotopic (exact) mass is 428 g/mol. The Morgan fingerprint density at radius 3 is 1.76 bits per heavy atom. The molecular weight excluding hydrogens is 400 g/mol. The summed E-state index contributed by atoms with van der Waals surface area (Å²) >= 11 is 0. The summed E-state index contributed by atoms with van der Waals surface area (Å²) in [5, 5.41) is 0. The highest BCUT2D eigenvalue weighted by Gasteiger charge is 2.53. The van der Waals surface area contributed by atoms with Gasteiger partial charge >= 0.3 is 0 Å². The second kappa shape index (κ2) is 7.56. The van der Waals surface area contributed by atoms with Crippen LogP contribution in [-0.2, 0) is 38.3 Å². The summed E-state index contributed by atoms with van der Waals surface area (Å²) in [6.45, 7) is 7.96. The van der Waals surface area contributed by atoms with Gasteiger partial charge in [-0.2, -0.15) is 0 Å². The van der Waals surface area contributed by atoms with Crippen LogP contribution in [0, 0.1) is 0 Å². The lowest BCUT2D eigenvalue weighted by atomic mass is 10.0. The molecule has 29 heavy (non-hydrogen) atoms. The smallest absolute Gasteiger partial charge is 0.183 e. The van der Waals surface area contributed by atoms with Crippen LogP contribution < -0.4 is 0 Å². The largest absolute Gasteiger partial charge is 0.348 e. The minimum absolute atomic E-state index is 0.232. The van der Waals surface area contributed by atoms with Gasteiger partial charge < -0.3 is 28.4 Å². The van der Waals surface area contributed by atoms with E-state index in [0.717, 1.165) is 0 Å². The van der Waals surface area contributed by atoms with Crippen LogP contribution in [0.15, 0.2) is 35.2 Å². The SMILES string of the molecule is CC1(C)OCC([C@H]2OC(CS(=O)(=O)c3ccccc3)O[C@@H]2C2COC(C)(C)O2)O1. The van der Waals surface area contributed by atoms with Gasteiger partial charge in [0, 0.05) is 0 Å². The molecule has 0 aromatic heterocycles. The Morgan fingerprint density at radius 1 is 0.862 bits per heavy atom. The van der Waals surface area contributed by atoms with E-state index in [0.29, 0.717) is 13.2 Å². The Kier molecular flexibility index (Phi) is 5.52. The van der Waals surface area contributed by atoms with Gasteiger partial charge in [0.15, 0.2) is 27.7 Å². The predicted molar refractivity (Wildman–Crippen MR) is 102 cm³/mol. The fourth-order valence-corrected chi connectivity index (χ4v) is 5.15. The van der Waals surface area contributed by atoms with Crippen molar-refractivity contribution in [2.75, 3.05) is 19.0 Å². The minimum atomic E-state index is -3.58. The van der Waals surface area contributed by atoms with Gasteiger partial charge in [0.25, 0.3) is 0 Å². The Balaban J connectivity index is 1.52. The van der Waals surface area contributed by atoms with Gasteiger partial charge in [-0.1, -0.05) is 18.2 Å². The Morgan fingerprint density at radius 2 is 1.34 bits per heavy atom. The summed E-state index contributed by atoms with van der Waals surface area (Å²) < 4.78 is 60.9. The van der Waals surface area contributed by atoms with E-state index in [1.807, 2.05) is 27.7 Å². The molecule has 0 spiro atoms. The summed E-state index contributed by atoms with van der Waals surface area (Å²) in [5.74, 6) is -1.77. The standard InChI is InChI=1S/C20H28O8S/c1-19(2)23-10-14(27-19)17-18(15-11-24-20(3,4)28-15)26-16(25-17)12-29(21,22)13-8-6-5-7-9-13/h5-9,14-18H,10-12H2,1-4H3/t14?,15?,16?,17-,18-/m1/s1. The number of rotatable bonds is 5. The van der Waals surface area contributed by atoms with Gasteiger partial charge in [-0.3, -0.25) is 0 Å². The molecule has 3 aliphatic heterocycles. The fraction of sp³-hybridized carbons (Fsp3) is 0.700. The quantitative estimate of drug-likeness (QED) is 0.702. The van der Waals surface area contributed by atoms with Gasteiger partial charge in [0.2, 0.25) is 0 Å². The van der Waals surface area contributed by atoms with Crippen LogP contribution in [0.4, 0.5) is 0 Å². The average molecular weight is 429 g/mol. The van der Waals surface area contributed by atoms with Crippen molar-refractivity contribution in [1.29, 1.82) is 0 Å². The van der Waals surface area contributed by atoms with Gasteiger partial charge in [0.05, 0.1) is 18.1 Å². The van der Waals surface area contributed by atoms with Crippen molar-refractivity contribution >= 4 is 9.84 Å². The third-order valence-corrected chi connectivity index (χ3v) is 6.89. The minimum Gasteiger partial charge on any atom is -0.348 e. The van der Waals surface area contributed by atoms with Crippen molar-refractivity contribution in [3.05, 3.63) is 30.3 Å². The molecule has 0 N–H and O–H groups in total. The molecule has 4 atom stereocenters. The van der Waals surface area contributed by atoms with Crippen LogP contribution in [0.1, 0.15) is 27.7 Å². The molecule has 0 saturated carbocycles. The summed E-state index contributed by atoms with van der Waals surface area (Å²) in [6, 6.07) is 8.27. The van der Waals surface area contributed by atoms with Crippen LogP contribution in [0.25, 0.3) is 0 Å². The van der Waals surface area contributed by atoms with Crippen LogP contribution in [0.3, 0.4) is 0 Å². The van der Waals surface area contributed by atoms with Crippen molar-refractivity contribution in [2.24, 2.45) is 0 Å². The summed E-state index contributed by atoms with van der Waals surface area (Å²) in [6.07, 6.45) is -2.79. The molecule has 2 unspecified atom stereocenters. The molecule has 0 radical (unpaired) electrons. The van der Waals surface area contributed by atoms with Crippen molar-refractivity contribution < 1.29 is 36.8 Å². The lowest BCUT2D eigenvalue weighted by molar-refractivity contribution is -0.165. The third kappa shape index (κ3) is 4.66. The van der Waals surface area contributed by atoms with Crippen molar-refractivity contribution in [1.82, 2.24) is 0 Å². The highest BCUT2D eigenvalue weighted by atomic mass is 32.2. The Bertz CT molecular complexity index is 788. The highest BCUT2D eigenvalue weighted by molar-refractivity contribution is 7.91. The molecule has 9 heteroatoms. The van der Waals surface area contributed by atoms with Gasteiger partial charge in [-0.15, -0.1) is 0 Å². The highest BCUT2D eigenvalue weighted by Crippen LogP contribution is 2.37. The number of hydrogen-bond acceptors (Lipinski definition) is 8. The maximum atomic E-state index is 12.8. The molecular formula is C20H28O8S. The summed E-state index contributed by atoms with van der Waals surface area (Å²) in [4.78, 5) is 0.232. The second-order valence-electron chi connectivity index (χ2n) is 8.46. The van der Waals surface area contributed by atoms with E-state index < -0.39 is 52.1 Å². The second-order valence-corrected chi connectivity index (χ2v) is 10.5. The average Bonchev–Trinajstić information content (AvgIpc) is 3.31. The molecule has 3 saturated heterocycles. The predicted octanol–water partition coefficient (Wildman–Crippen LogP) is 1.87. The zero-order valence-electron chi connectivity index (χ0n) is 17.1. The van der Waals surface area contributed by atoms with E-state index >= 15 is 0 Å². The van der Waals surface area contributed by atoms with E-state index in [1.165, 1.54) is 0 Å². The molecule has 3 fully saturated rings. The van der Waals surface area contributed by atoms with Crippen LogP contribution >= 0.6 is 0 Å². The molecule has 0 aliphatic carbocycles. The first-order valence-electron chi connectivity index (χ1n) is 9.77. The maximum absolute atomic E-state index is 12.8. The lowest BCUT2D eigenvalue weighted by Gasteiger charge is -2.27. The summed E-state index contributed by atoms with van der Waals surface area (Å²) in [7, 11) is -3.58. The summed E-state index contributed by atoms with van der Waals surface area (Å²) in [5.41, 5.74) is 0. The van der Waals surface area contributed by atoms with Crippen molar-refractivity contribution in [2.45, 2.75) is 74.9 Å². The first kappa shape index (κ1) is 21.2. The molecule has 4 rings (SSSR count). The molecule has 8 nitrogen and oxygen atoms in total. The van der Waals surface area contributed by atoms with E-state index in [-0.39, 0.29) is 10.6 Å². The first-order valence-corrected chi connectivity index (χ1v) is 11.4. The lowest BCUT2D eigenvalue weighted by Crippen LogP contribution is -2.45. The van der Waals surface area contributed by atoms with E-state index in [4.69, 9.17) is 28.4 Å². The normalized spacial score (nSPS) is 36.5. The maximum Gasteiger partial charge on any atom is 0.183 e. The van der Waals surface area contributed by atoms with Crippen LogP contribution in [0.5, 0.6) is 0 Å². The Labute approximate surface area is 171 Å². The number of hydrogen-bond donors (Lipinski definition) is 0. The molecule has 1 aromatic rings. The molecule has 3 heterocycles. The Hall–Kier alpha value is -1.07. The molecule has 3 aliphatic rings. The van der Waals surface area contributed by atoms with E-state index in [9.17, 15) is 8.42 Å². The van der Waals surface area contributed by atoms with Gasteiger partial charge in [0.1, 0.15) is 30.2 Å². The topological polar surface area (TPSA) is 89.5 Å². The van der Waals surface area contributed by atoms with E-state index in [2.05, 4.69) is 0 Å². The van der Waals surface area contributed by atoms with Crippen molar-refractivity contribution in [3.8, 4) is 0 Å². The van der Waals surface area contributed by atoms with Crippen LogP contribution in [0.2, 0.25) is 0 Å². The number of benzene rings is 1. The van der Waals surface area contributed by atoms with Gasteiger partial charge in [-0.25, -0.2) is 8.42 Å². The molecule has 162 valence electrons. The zero-order chi connectivity index (χ0) is 20.9. The molecule has 1 aromatic carbocycles. The molecule has 0 amide bonds. The third-order valence-electron chi connectivity index (χ3n) is 5.19.